The molecule has 0 aliphatic rings. The first kappa shape index (κ1) is 17.3. The fourth-order valence-electron chi connectivity index (χ4n) is 2.92. The summed E-state index contributed by atoms with van der Waals surface area (Å²) < 4.78 is 0. The second-order valence-corrected chi connectivity index (χ2v) is 5.72. The van der Waals surface area contributed by atoms with Crippen molar-refractivity contribution in [3.63, 3.8) is 0 Å². The summed E-state index contributed by atoms with van der Waals surface area (Å²) in [4.78, 5) is 4.80. The standard InChI is InChI=1S/C23H17N.Ir/c1-4-10-18(11-5-1)21-16-22(19-12-6-2-7-13-19)23(24-17-21)20-14-8-3-9-15-20;/h1-17H;. The molecule has 0 amide bonds. The molecule has 0 fully saturated rings. The van der Waals surface area contributed by atoms with Crippen LogP contribution in [-0.4, -0.2) is 4.98 Å². The summed E-state index contributed by atoms with van der Waals surface area (Å²) in [7, 11) is 0. The van der Waals surface area contributed by atoms with Crippen molar-refractivity contribution in [2.24, 2.45) is 0 Å². The molecule has 4 aromatic rings. The summed E-state index contributed by atoms with van der Waals surface area (Å²) in [5.74, 6) is 0. The van der Waals surface area contributed by atoms with Gasteiger partial charge in [-0.2, -0.15) is 0 Å². The summed E-state index contributed by atoms with van der Waals surface area (Å²) >= 11 is 0. The summed E-state index contributed by atoms with van der Waals surface area (Å²) in [6.45, 7) is 0. The van der Waals surface area contributed by atoms with Crippen LogP contribution in [0.5, 0.6) is 0 Å². The van der Waals surface area contributed by atoms with Crippen LogP contribution in [0.1, 0.15) is 0 Å². The van der Waals surface area contributed by atoms with E-state index in [4.69, 9.17) is 4.98 Å². The zero-order valence-corrected chi connectivity index (χ0v) is 16.0. The zero-order chi connectivity index (χ0) is 16.2. The van der Waals surface area contributed by atoms with E-state index in [2.05, 4.69) is 78.9 Å². The molecule has 1 nitrogen and oxygen atoms in total. The van der Waals surface area contributed by atoms with Crippen LogP contribution in [0.15, 0.2) is 103 Å². The molecule has 0 bridgehead atoms. The Kier molecular flexibility index (Phi) is 5.55. The van der Waals surface area contributed by atoms with Gasteiger partial charge >= 0.3 is 0 Å². The van der Waals surface area contributed by atoms with E-state index in [0.29, 0.717) is 0 Å². The molecule has 0 aliphatic heterocycles. The smallest absolute Gasteiger partial charge is 0.0780 e. The van der Waals surface area contributed by atoms with Gasteiger partial charge < -0.3 is 0 Å². The van der Waals surface area contributed by atoms with Crippen LogP contribution in [0.3, 0.4) is 0 Å². The minimum Gasteiger partial charge on any atom is -0.255 e. The van der Waals surface area contributed by atoms with Crippen LogP contribution in [0.4, 0.5) is 0 Å². The van der Waals surface area contributed by atoms with Crippen molar-refractivity contribution < 1.29 is 20.1 Å². The van der Waals surface area contributed by atoms with Crippen molar-refractivity contribution in [2.75, 3.05) is 0 Å². The van der Waals surface area contributed by atoms with Crippen molar-refractivity contribution in [3.8, 4) is 33.5 Å². The predicted octanol–water partition coefficient (Wildman–Crippen LogP) is 6.08. The van der Waals surface area contributed by atoms with E-state index in [9.17, 15) is 0 Å². The molecule has 25 heavy (non-hydrogen) atoms. The molecule has 4 rings (SSSR count). The summed E-state index contributed by atoms with van der Waals surface area (Å²) in [5.41, 5.74) is 6.80. The maximum atomic E-state index is 4.80. The molecular weight excluding hydrogens is 482 g/mol. The number of benzene rings is 3. The molecule has 3 aromatic carbocycles. The largest absolute Gasteiger partial charge is 0.255 e. The summed E-state index contributed by atoms with van der Waals surface area (Å²) in [5, 5.41) is 0. The van der Waals surface area contributed by atoms with Crippen LogP contribution >= 0.6 is 0 Å². The van der Waals surface area contributed by atoms with Gasteiger partial charge in [-0.25, -0.2) is 0 Å². The average molecular weight is 500 g/mol. The minimum atomic E-state index is 0. The Morgan fingerprint density at radius 3 is 1.52 bits per heavy atom. The van der Waals surface area contributed by atoms with Crippen molar-refractivity contribution in [1.29, 1.82) is 0 Å². The Balaban J connectivity index is 0.00000182. The Bertz CT molecular complexity index is 935. The number of aromatic nitrogens is 1. The van der Waals surface area contributed by atoms with Crippen molar-refractivity contribution in [3.05, 3.63) is 103 Å². The minimum absolute atomic E-state index is 0. The van der Waals surface area contributed by atoms with Crippen molar-refractivity contribution >= 4 is 0 Å². The van der Waals surface area contributed by atoms with E-state index < -0.39 is 0 Å². The van der Waals surface area contributed by atoms with Gasteiger partial charge in [0.1, 0.15) is 0 Å². The fraction of sp³-hybridized carbons (Fsp3) is 0. The van der Waals surface area contributed by atoms with E-state index in [1.807, 2.05) is 24.4 Å². The Hall–Kier alpha value is -2.54. The number of hydrogen-bond donors (Lipinski definition) is 0. The number of nitrogens with zero attached hydrogens (tertiary/aromatic N) is 1. The van der Waals surface area contributed by atoms with Gasteiger partial charge in [0, 0.05) is 43.0 Å². The molecule has 1 heterocycles. The number of pyridine rings is 1. The zero-order valence-electron chi connectivity index (χ0n) is 13.6. The summed E-state index contributed by atoms with van der Waals surface area (Å²) in [6.07, 6.45) is 1.96. The third kappa shape index (κ3) is 3.76. The monoisotopic (exact) mass is 500 g/mol. The number of rotatable bonds is 3. The SMILES string of the molecule is [Ir].c1ccc(-c2cnc(-c3ccccc3)c(-c3ccccc3)c2)cc1. The fourth-order valence-corrected chi connectivity index (χ4v) is 2.92. The third-order valence-electron chi connectivity index (χ3n) is 4.13. The number of hydrogen-bond acceptors (Lipinski definition) is 1. The Morgan fingerprint density at radius 2 is 0.960 bits per heavy atom. The first-order chi connectivity index (χ1) is 11.9. The molecule has 0 aliphatic carbocycles. The van der Waals surface area contributed by atoms with Crippen LogP contribution in [0.25, 0.3) is 33.5 Å². The molecule has 0 saturated heterocycles. The van der Waals surface area contributed by atoms with E-state index >= 15 is 0 Å². The van der Waals surface area contributed by atoms with E-state index in [-0.39, 0.29) is 20.1 Å². The van der Waals surface area contributed by atoms with Crippen LogP contribution in [0.2, 0.25) is 0 Å². The topological polar surface area (TPSA) is 12.9 Å². The maximum absolute atomic E-state index is 4.80. The van der Waals surface area contributed by atoms with Crippen LogP contribution in [0, 0.1) is 0 Å². The normalized spacial score (nSPS) is 10.1. The van der Waals surface area contributed by atoms with Gasteiger partial charge in [-0.15, -0.1) is 0 Å². The molecule has 0 N–H and O–H groups in total. The second-order valence-electron chi connectivity index (χ2n) is 5.72. The molecule has 2 heteroatoms. The van der Waals surface area contributed by atoms with Crippen LogP contribution < -0.4 is 0 Å². The Labute approximate surface area is 161 Å². The molecule has 0 spiro atoms. The molecule has 123 valence electrons. The second kappa shape index (κ2) is 8.02. The average Bonchev–Trinajstić information content (AvgIpc) is 2.69. The van der Waals surface area contributed by atoms with Gasteiger partial charge in [-0.1, -0.05) is 91.0 Å². The van der Waals surface area contributed by atoms with Gasteiger partial charge in [-0.3, -0.25) is 4.98 Å². The molecule has 0 unspecified atom stereocenters. The molecule has 0 atom stereocenters. The summed E-state index contributed by atoms with van der Waals surface area (Å²) in [6, 6.07) is 33.4. The van der Waals surface area contributed by atoms with Crippen molar-refractivity contribution in [2.45, 2.75) is 0 Å². The van der Waals surface area contributed by atoms with E-state index in [1.165, 1.54) is 11.1 Å². The predicted molar refractivity (Wildman–Crippen MR) is 101 cm³/mol. The molecule has 1 aromatic heterocycles. The van der Waals surface area contributed by atoms with E-state index in [1.54, 1.807) is 0 Å². The molecular formula is C23H17IrN. The van der Waals surface area contributed by atoms with Gasteiger partial charge in [0.25, 0.3) is 0 Å². The van der Waals surface area contributed by atoms with Gasteiger partial charge in [-0.05, 0) is 17.2 Å². The first-order valence-corrected chi connectivity index (χ1v) is 8.08. The van der Waals surface area contributed by atoms with Gasteiger partial charge in [0.05, 0.1) is 5.69 Å². The van der Waals surface area contributed by atoms with Gasteiger partial charge in [0.2, 0.25) is 0 Å². The quantitative estimate of drug-likeness (QED) is 0.333. The molecule has 0 saturated carbocycles. The molecule has 1 radical (unpaired) electrons. The Morgan fingerprint density at radius 1 is 0.480 bits per heavy atom. The van der Waals surface area contributed by atoms with Crippen LogP contribution in [-0.2, 0) is 20.1 Å². The van der Waals surface area contributed by atoms with Gasteiger partial charge in [0.15, 0.2) is 0 Å². The van der Waals surface area contributed by atoms with Crippen molar-refractivity contribution in [1.82, 2.24) is 4.98 Å². The maximum Gasteiger partial charge on any atom is 0.0780 e. The third-order valence-corrected chi connectivity index (χ3v) is 4.13. The first-order valence-electron chi connectivity index (χ1n) is 8.08. The van der Waals surface area contributed by atoms with E-state index in [0.717, 1.165) is 22.4 Å².